The van der Waals surface area contributed by atoms with Crippen molar-refractivity contribution in [3.05, 3.63) is 58.6 Å². The van der Waals surface area contributed by atoms with Crippen LogP contribution in [0.25, 0.3) is 0 Å². The van der Waals surface area contributed by atoms with Crippen LogP contribution in [0.15, 0.2) is 42.5 Å². The van der Waals surface area contributed by atoms with E-state index >= 15 is 0 Å². The summed E-state index contributed by atoms with van der Waals surface area (Å²) in [5.41, 5.74) is 1.16. The van der Waals surface area contributed by atoms with E-state index in [1.54, 1.807) is 18.2 Å². The van der Waals surface area contributed by atoms with Crippen LogP contribution >= 0.6 is 11.6 Å². The maximum absolute atomic E-state index is 11.3. The molecule has 110 valence electrons. The van der Waals surface area contributed by atoms with Gasteiger partial charge < -0.3 is 9.84 Å². The standard InChI is InChI=1S/C17H17ClO3/c1-17(2,3)11-5-4-6-13(9-11)21-15-8-7-12(18)10-14(15)16(19)20/h4-10H,1-3H3,(H,19,20). The Morgan fingerprint density at radius 2 is 1.86 bits per heavy atom. The minimum absolute atomic E-state index is 0.00497. The number of benzene rings is 2. The molecule has 4 heteroatoms. The molecule has 1 N–H and O–H groups in total. The van der Waals surface area contributed by atoms with E-state index in [2.05, 4.69) is 20.8 Å². The van der Waals surface area contributed by atoms with Gasteiger partial charge in [-0.2, -0.15) is 0 Å². The summed E-state index contributed by atoms with van der Waals surface area (Å²) >= 11 is 5.83. The van der Waals surface area contributed by atoms with Gasteiger partial charge in [-0.15, -0.1) is 0 Å². The lowest BCUT2D eigenvalue weighted by molar-refractivity contribution is 0.0694. The van der Waals surface area contributed by atoms with Gasteiger partial charge in [-0.25, -0.2) is 4.79 Å². The molecule has 2 aromatic carbocycles. The molecule has 0 aliphatic heterocycles. The van der Waals surface area contributed by atoms with E-state index in [9.17, 15) is 9.90 Å². The second-order valence-corrected chi connectivity index (χ2v) is 6.26. The van der Waals surface area contributed by atoms with Gasteiger partial charge in [0.1, 0.15) is 17.1 Å². The maximum Gasteiger partial charge on any atom is 0.339 e. The molecule has 0 aliphatic carbocycles. The van der Waals surface area contributed by atoms with Gasteiger partial charge >= 0.3 is 5.97 Å². The number of ether oxygens (including phenoxy) is 1. The molecule has 0 saturated carbocycles. The zero-order valence-corrected chi connectivity index (χ0v) is 12.9. The van der Waals surface area contributed by atoms with Crippen molar-refractivity contribution >= 4 is 17.6 Å². The van der Waals surface area contributed by atoms with Crippen molar-refractivity contribution < 1.29 is 14.6 Å². The predicted octanol–water partition coefficient (Wildman–Crippen LogP) is 5.13. The van der Waals surface area contributed by atoms with Crippen molar-refractivity contribution in [3.63, 3.8) is 0 Å². The number of carbonyl (C=O) groups is 1. The van der Waals surface area contributed by atoms with Crippen LogP contribution in [-0.4, -0.2) is 11.1 Å². The molecule has 0 spiro atoms. The minimum atomic E-state index is -1.07. The van der Waals surface area contributed by atoms with E-state index in [0.29, 0.717) is 10.8 Å². The lowest BCUT2D eigenvalue weighted by Crippen LogP contribution is -2.10. The highest BCUT2D eigenvalue weighted by molar-refractivity contribution is 6.31. The van der Waals surface area contributed by atoms with Crippen LogP contribution in [0.1, 0.15) is 36.7 Å². The fourth-order valence-electron chi connectivity index (χ4n) is 1.91. The summed E-state index contributed by atoms with van der Waals surface area (Å²) in [4.78, 5) is 11.3. The molecule has 0 atom stereocenters. The van der Waals surface area contributed by atoms with Crippen LogP contribution in [-0.2, 0) is 5.41 Å². The summed E-state index contributed by atoms with van der Waals surface area (Å²) in [7, 11) is 0. The van der Waals surface area contributed by atoms with Crippen molar-refractivity contribution in [2.45, 2.75) is 26.2 Å². The number of aromatic carboxylic acids is 1. The second kappa shape index (κ2) is 5.78. The molecular weight excluding hydrogens is 288 g/mol. The topological polar surface area (TPSA) is 46.5 Å². The van der Waals surface area contributed by atoms with Crippen LogP contribution in [0.4, 0.5) is 0 Å². The number of hydrogen-bond acceptors (Lipinski definition) is 2. The Hall–Kier alpha value is -2.00. The molecule has 0 heterocycles. The predicted molar refractivity (Wildman–Crippen MR) is 83.6 cm³/mol. The monoisotopic (exact) mass is 304 g/mol. The van der Waals surface area contributed by atoms with Gasteiger partial charge in [0.2, 0.25) is 0 Å². The van der Waals surface area contributed by atoms with Crippen LogP contribution in [0.2, 0.25) is 5.02 Å². The Balaban J connectivity index is 2.37. The largest absolute Gasteiger partial charge is 0.478 e. The Bertz CT molecular complexity index is 672. The summed E-state index contributed by atoms with van der Waals surface area (Å²) < 4.78 is 5.72. The molecule has 0 radical (unpaired) electrons. The summed E-state index contributed by atoms with van der Waals surface area (Å²) in [6.45, 7) is 6.32. The number of hydrogen-bond donors (Lipinski definition) is 1. The van der Waals surface area contributed by atoms with Crippen LogP contribution in [0.5, 0.6) is 11.5 Å². The number of halogens is 1. The van der Waals surface area contributed by atoms with Gasteiger partial charge in [0.05, 0.1) is 0 Å². The van der Waals surface area contributed by atoms with E-state index in [1.165, 1.54) is 6.07 Å². The molecule has 0 unspecified atom stereocenters. The molecule has 2 aromatic rings. The van der Waals surface area contributed by atoms with E-state index in [4.69, 9.17) is 16.3 Å². The van der Waals surface area contributed by atoms with Gasteiger partial charge in [-0.1, -0.05) is 44.5 Å². The smallest absolute Gasteiger partial charge is 0.339 e. The molecule has 2 rings (SSSR count). The SMILES string of the molecule is CC(C)(C)c1cccc(Oc2ccc(Cl)cc2C(=O)O)c1. The van der Waals surface area contributed by atoms with E-state index in [-0.39, 0.29) is 16.7 Å². The fourth-order valence-corrected chi connectivity index (χ4v) is 2.08. The van der Waals surface area contributed by atoms with Gasteiger partial charge in [-0.05, 0) is 41.3 Å². The first-order chi connectivity index (χ1) is 9.77. The van der Waals surface area contributed by atoms with E-state index in [1.807, 2.05) is 18.2 Å². The summed E-state index contributed by atoms with van der Waals surface area (Å²) in [6.07, 6.45) is 0. The summed E-state index contributed by atoms with van der Waals surface area (Å²) in [5, 5.41) is 9.58. The first-order valence-electron chi connectivity index (χ1n) is 6.58. The summed E-state index contributed by atoms with van der Waals surface area (Å²) in [6, 6.07) is 12.2. The molecule has 3 nitrogen and oxygen atoms in total. The van der Waals surface area contributed by atoms with Crippen LogP contribution in [0, 0.1) is 0 Å². The third kappa shape index (κ3) is 3.76. The molecule has 0 bridgehead atoms. The normalized spacial score (nSPS) is 11.2. The molecular formula is C17H17ClO3. The molecule has 0 amide bonds. The highest BCUT2D eigenvalue weighted by Crippen LogP contribution is 2.31. The fraction of sp³-hybridized carbons (Fsp3) is 0.235. The zero-order valence-electron chi connectivity index (χ0n) is 12.2. The quantitative estimate of drug-likeness (QED) is 0.855. The Kier molecular flexibility index (Phi) is 4.24. The van der Waals surface area contributed by atoms with Gasteiger partial charge in [-0.3, -0.25) is 0 Å². The second-order valence-electron chi connectivity index (χ2n) is 5.83. The number of carboxylic acid groups (broad SMARTS) is 1. The molecule has 0 saturated heterocycles. The zero-order chi connectivity index (χ0) is 15.6. The number of rotatable bonds is 3. The third-order valence-electron chi connectivity index (χ3n) is 3.10. The maximum atomic E-state index is 11.3. The molecule has 0 aliphatic rings. The van der Waals surface area contributed by atoms with E-state index < -0.39 is 5.97 Å². The molecule has 0 fully saturated rings. The minimum Gasteiger partial charge on any atom is -0.478 e. The average molecular weight is 305 g/mol. The average Bonchev–Trinajstić information content (AvgIpc) is 2.40. The lowest BCUT2D eigenvalue weighted by Gasteiger charge is -2.20. The molecule has 21 heavy (non-hydrogen) atoms. The first-order valence-corrected chi connectivity index (χ1v) is 6.96. The third-order valence-corrected chi connectivity index (χ3v) is 3.33. The molecule has 0 aromatic heterocycles. The van der Waals surface area contributed by atoms with Crippen molar-refractivity contribution in [1.82, 2.24) is 0 Å². The van der Waals surface area contributed by atoms with Gasteiger partial charge in [0, 0.05) is 5.02 Å². The van der Waals surface area contributed by atoms with E-state index in [0.717, 1.165) is 5.56 Å². The lowest BCUT2D eigenvalue weighted by atomic mass is 9.87. The Labute approximate surface area is 129 Å². The van der Waals surface area contributed by atoms with Crippen molar-refractivity contribution in [2.75, 3.05) is 0 Å². The highest BCUT2D eigenvalue weighted by atomic mass is 35.5. The van der Waals surface area contributed by atoms with Crippen LogP contribution in [0.3, 0.4) is 0 Å². The van der Waals surface area contributed by atoms with Crippen molar-refractivity contribution in [2.24, 2.45) is 0 Å². The highest BCUT2D eigenvalue weighted by Gasteiger charge is 2.16. The first kappa shape index (κ1) is 15.4. The Morgan fingerprint density at radius 1 is 1.14 bits per heavy atom. The van der Waals surface area contributed by atoms with Crippen molar-refractivity contribution in [1.29, 1.82) is 0 Å². The van der Waals surface area contributed by atoms with Crippen LogP contribution < -0.4 is 4.74 Å². The van der Waals surface area contributed by atoms with Crippen molar-refractivity contribution in [3.8, 4) is 11.5 Å². The Morgan fingerprint density at radius 3 is 2.48 bits per heavy atom. The van der Waals surface area contributed by atoms with Gasteiger partial charge in [0.15, 0.2) is 0 Å². The summed E-state index contributed by atoms with van der Waals surface area (Å²) in [5.74, 6) is -0.190. The number of carboxylic acids is 1. The van der Waals surface area contributed by atoms with Gasteiger partial charge in [0.25, 0.3) is 0 Å².